The van der Waals surface area contributed by atoms with Crippen molar-refractivity contribution >= 4 is 28.2 Å². The first-order valence-electron chi connectivity index (χ1n) is 9.12. The number of benzene rings is 3. The van der Waals surface area contributed by atoms with E-state index in [1.54, 1.807) is 43.4 Å². The van der Waals surface area contributed by atoms with Crippen molar-refractivity contribution in [1.29, 1.82) is 10.5 Å². The van der Waals surface area contributed by atoms with Crippen LogP contribution in [0.2, 0.25) is 0 Å². The lowest BCUT2D eigenvalue weighted by atomic mass is 10.1. The molecule has 7 heteroatoms. The number of hydrogen-bond acceptors (Lipinski definition) is 7. The van der Waals surface area contributed by atoms with Gasteiger partial charge in [-0.3, -0.25) is 0 Å². The van der Waals surface area contributed by atoms with Crippen molar-refractivity contribution in [2.24, 2.45) is 0 Å². The maximum atomic E-state index is 9.04. The molecule has 0 aliphatic carbocycles. The van der Waals surface area contributed by atoms with E-state index >= 15 is 0 Å². The molecule has 1 heterocycles. The quantitative estimate of drug-likeness (QED) is 0.495. The largest absolute Gasteiger partial charge is 0.439 e. The first-order chi connectivity index (χ1) is 14.7. The molecule has 1 aromatic heterocycles. The fraction of sp³-hybridized carbons (Fsp3) is 0.0435. The van der Waals surface area contributed by atoms with Crippen LogP contribution in [0.15, 0.2) is 66.7 Å². The second-order valence-electron chi connectivity index (χ2n) is 6.42. The Kier molecular flexibility index (Phi) is 5.10. The minimum absolute atomic E-state index is 0.362. The molecule has 144 valence electrons. The molecule has 4 rings (SSSR count). The minimum atomic E-state index is 0.362. The van der Waals surface area contributed by atoms with Crippen LogP contribution < -0.4 is 15.4 Å². The third kappa shape index (κ3) is 4.11. The number of nitrogens with zero attached hydrogens (tertiary/aromatic N) is 4. The van der Waals surface area contributed by atoms with E-state index in [9.17, 15) is 0 Å². The van der Waals surface area contributed by atoms with Gasteiger partial charge in [0.15, 0.2) is 0 Å². The highest BCUT2D eigenvalue weighted by Crippen LogP contribution is 2.27. The van der Waals surface area contributed by atoms with Crippen molar-refractivity contribution in [1.82, 2.24) is 9.97 Å². The highest BCUT2D eigenvalue weighted by atomic mass is 16.5. The summed E-state index contributed by atoms with van der Waals surface area (Å²) in [5, 5.41) is 26.0. The molecule has 0 aliphatic heterocycles. The number of aromatic nitrogens is 2. The fourth-order valence-electron chi connectivity index (χ4n) is 2.90. The van der Waals surface area contributed by atoms with Crippen molar-refractivity contribution in [3.8, 4) is 23.8 Å². The van der Waals surface area contributed by atoms with Gasteiger partial charge >= 0.3 is 0 Å². The molecule has 30 heavy (non-hydrogen) atoms. The number of rotatable bonds is 5. The number of anilines is 3. The molecule has 4 aromatic rings. The summed E-state index contributed by atoms with van der Waals surface area (Å²) in [5.74, 6) is 1.95. The molecule has 0 unspecified atom stereocenters. The fourth-order valence-corrected chi connectivity index (χ4v) is 2.90. The van der Waals surface area contributed by atoms with Crippen LogP contribution in [0.1, 0.15) is 11.1 Å². The predicted octanol–water partition coefficient (Wildman–Crippen LogP) is 4.95. The normalized spacial score (nSPS) is 10.1. The van der Waals surface area contributed by atoms with E-state index in [1.807, 2.05) is 30.3 Å². The standard InChI is InChI=1S/C23H16N6O/c1-26-21-12-22(29-23(28-21)27-19-7-3-15(13-24)4-8-19)30-20-9-6-17-10-16(14-25)2-5-18(17)11-20/h2-12H,1H3,(H2,26,27,28,29). The first-order valence-corrected chi connectivity index (χ1v) is 9.12. The smallest absolute Gasteiger partial charge is 0.232 e. The van der Waals surface area contributed by atoms with E-state index in [2.05, 4.69) is 32.7 Å². The Morgan fingerprint density at radius 1 is 0.800 bits per heavy atom. The Labute approximate surface area is 173 Å². The van der Waals surface area contributed by atoms with Crippen LogP contribution >= 0.6 is 0 Å². The van der Waals surface area contributed by atoms with Gasteiger partial charge in [0.1, 0.15) is 11.6 Å². The van der Waals surface area contributed by atoms with Gasteiger partial charge in [-0.05, 0) is 59.3 Å². The second-order valence-corrected chi connectivity index (χ2v) is 6.42. The molecule has 0 saturated carbocycles. The monoisotopic (exact) mass is 392 g/mol. The Hall–Kier alpha value is -4.62. The topological polar surface area (TPSA) is 107 Å². The molecule has 0 fully saturated rings. The van der Waals surface area contributed by atoms with E-state index < -0.39 is 0 Å². The van der Waals surface area contributed by atoms with Gasteiger partial charge in [0.2, 0.25) is 11.8 Å². The summed E-state index contributed by atoms with van der Waals surface area (Å²) in [6.45, 7) is 0. The average Bonchev–Trinajstić information content (AvgIpc) is 2.79. The zero-order chi connectivity index (χ0) is 20.9. The van der Waals surface area contributed by atoms with Crippen molar-refractivity contribution in [2.45, 2.75) is 0 Å². The Morgan fingerprint density at radius 3 is 2.23 bits per heavy atom. The van der Waals surface area contributed by atoms with Gasteiger partial charge in [0.25, 0.3) is 0 Å². The van der Waals surface area contributed by atoms with Crippen molar-refractivity contribution in [2.75, 3.05) is 17.7 Å². The summed E-state index contributed by atoms with van der Waals surface area (Å²) in [6, 6.07) is 24.1. The highest BCUT2D eigenvalue weighted by Gasteiger charge is 2.08. The van der Waals surface area contributed by atoms with Crippen LogP contribution in [-0.2, 0) is 0 Å². The van der Waals surface area contributed by atoms with Crippen LogP contribution in [-0.4, -0.2) is 17.0 Å². The molecule has 7 nitrogen and oxygen atoms in total. The highest BCUT2D eigenvalue weighted by molar-refractivity contribution is 5.85. The average molecular weight is 392 g/mol. The lowest BCUT2D eigenvalue weighted by Gasteiger charge is -2.11. The number of hydrogen-bond donors (Lipinski definition) is 2. The summed E-state index contributed by atoms with van der Waals surface area (Å²) < 4.78 is 5.96. The molecule has 0 spiro atoms. The maximum Gasteiger partial charge on any atom is 0.232 e. The molecule has 0 amide bonds. The Morgan fingerprint density at radius 2 is 1.50 bits per heavy atom. The van der Waals surface area contributed by atoms with Crippen LogP contribution in [0.4, 0.5) is 17.5 Å². The number of nitrogens with one attached hydrogen (secondary N) is 2. The first kappa shape index (κ1) is 18.7. The van der Waals surface area contributed by atoms with E-state index in [4.69, 9.17) is 15.3 Å². The number of fused-ring (bicyclic) bond motifs is 1. The van der Waals surface area contributed by atoms with Gasteiger partial charge in [0.05, 0.1) is 23.3 Å². The minimum Gasteiger partial charge on any atom is -0.439 e. The molecule has 0 aliphatic rings. The summed E-state index contributed by atoms with van der Waals surface area (Å²) in [5.41, 5.74) is 1.95. The van der Waals surface area contributed by atoms with Gasteiger partial charge in [-0.25, -0.2) is 0 Å². The molecule has 3 aromatic carbocycles. The van der Waals surface area contributed by atoms with E-state index in [-0.39, 0.29) is 0 Å². The van der Waals surface area contributed by atoms with Gasteiger partial charge in [-0.2, -0.15) is 20.5 Å². The summed E-state index contributed by atoms with van der Waals surface area (Å²) in [6.07, 6.45) is 0. The summed E-state index contributed by atoms with van der Waals surface area (Å²) in [4.78, 5) is 8.82. The van der Waals surface area contributed by atoms with Crippen LogP contribution in [0.3, 0.4) is 0 Å². The predicted molar refractivity (Wildman–Crippen MR) is 115 cm³/mol. The zero-order valence-electron chi connectivity index (χ0n) is 16.0. The Balaban J connectivity index is 1.60. The van der Waals surface area contributed by atoms with E-state index in [0.717, 1.165) is 16.5 Å². The molecular weight excluding hydrogens is 376 g/mol. The molecule has 0 radical (unpaired) electrons. The lowest BCUT2D eigenvalue weighted by molar-refractivity contribution is 0.463. The third-order valence-electron chi connectivity index (χ3n) is 4.39. The van der Waals surface area contributed by atoms with Gasteiger partial charge < -0.3 is 15.4 Å². The molecular formula is C23H16N6O. The number of ether oxygens (including phenoxy) is 1. The molecule has 0 saturated heterocycles. The number of nitriles is 2. The summed E-state index contributed by atoms with van der Waals surface area (Å²) in [7, 11) is 1.76. The van der Waals surface area contributed by atoms with Gasteiger partial charge in [0, 0.05) is 18.8 Å². The van der Waals surface area contributed by atoms with E-state index in [0.29, 0.717) is 34.5 Å². The summed E-state index contributed by atoms with van der Waals surface area (Å²) >= 11 is 0. The molecule has 2 N–H and O–H groups in total. The van der Waals surface area contributed by atoms with Crippen LogP contribution in [0, 0.1) is 22.7 Å². The second kappa shape index (κ2) is 8.17. The van der Waals surface area contributed by atoms with Gasteiger partial charge in [-0.15, -0.1) is 0 Å². The van der Waals surface area contributed by atoms with Crippen molar-refractivity contribution in [3.63, 3.8) is 0 Å². The molecule has 0 atom stereocenters. The Bertz CT molecular complexity index is 1300. The van der Waals surface area contributed by atoms with Crippen LogP contribution in [0.5, 0.6) is 11.6 Å². The van der Waals surface area contributed by atoms with Crippen molar-refractivity contribution < 1.29 is 4.74 Å². The van der Waals surface area contributed by atoms with Crippen molar-refractivity contribution in [3.05, 3.63) is 77.9 Å². The van der Waals surface area contributed by atoms with Crippen LogP contribution in [0.25, 0.3) is 10.8 Å². The third-order valence-corrected chi connectivity index (χ3v) is 4.39. The lowest BCUT2D eigenvalue weighted by Crippen LogP contribution is -2.02. The molecule has 0 bridgehead atoms. The SMILES string of the molecule is CNc1cc(Oc2ccc3cc(C#N)ccc3c2)nc(Nc2ccc(C#N)cc2)n1. The van der Waals surface area contributed by atoms with E-state index in [1.165, 1.54) is 0 Å². The van der Waals surface area contributed by atoms with Gasteiger partial charge in [-0.1, -0.05) is 12.1 Å². The maximum absolute atomic E-state index is 9.04. The zero-order valence-corrected chi connectivity index (χ0v) is 16.0.